The van der Waals surface area contributed by atoms with E-state index in [1.807, 2.05) is 33.1 Å². The van der Waals surface area contributed by atoms with E-state index in [-0.39, 0.29) is 23.9 Å². The van der Waals surface area contributed by atoms with Gasteiger partial charge in [-0.05, 0) is 76.9 Å². The third-order valence-corrected chi connectivity index (χ3v) is 9.32. The van der Waals surface area contributed by atoms with Crippen LogP contribution in [0, 0.1) is 25.7 Å². The van der Waals surface area contributed by atoms with Gasteiger partial charge in [-0.2, -0.15) is 0 Å². The highest BCUT2D eigenvalue weighted by molar-refractivity contribution is 7.98. The number of aromatic amines is 1. The zero-order valence-electron chi connectivity index (χ0n) is 22.0. The summed E-state index contributed by atoms with van der Waals surface area (Å²) in [5.74, 6) is 1.04. The number of aryl methyl sites for hydroxylation is 1. The molecule has 1 aromatic heterocycles. The molecule has 7 nitrogen and oxygen atoms in total. The van der Waals surface area contributed by atoms with Gasteiger partial charge in [0.25, 0.3) is 17.3 Å². The number of amides is 1. The Morgan fingerprint density at radius 3 is 2.54 bits per heavy atom. The van der Waals surface area contributed by atoms with E-state index in [9.17, 15) is 9.59 Å². The van der Waals surface area contributed by atoms with Crippen LogP contribution in [-0.2, 0) is 6.54 Å². The van der Waals surface area contributed by atoms with Crippen LogP contribution < -0.4 is 20.3 Å². The number of H-pyrrole nitrogens is 1. The number of thioether (sulfide) groups is 1. The lowest BCUT2D eigenvalue weighted by molar-refractivity contribution is -0.125. The number of aromatic nitrogens is 1. The third-order valence-electron chi connectivity index (χ3n) is 8.24. The number of fused-ring (bicyclic) bond motifs is 1. The van der Waals surface area contributed by atoms with Crippen molar-refractivity contribution in [1.82, 2.24) is 15.2 Å². The number of ether oxygens (including phenoxy) is 2. The zero-order valence-corrected chi connectivity index (χ0v) is 23.6. The summed E-state index contributed by atoms with van der Waals surface area (Å²) in [7, 11) is 0. The normalized spacial score (nSPS) is 22.2. The van der Waals surface area contributed by atoms with Crippen LogP contribution in [0.3, 0.4) is 0 Å². The van der Waals surface area contributed by atoms with E-state index in [4.69, 9.17) is 21.1 Å². The quantitative estimate of drug-likeness (QED) is 0.460. The van der Waals surface area contributed by atoms with Crippen LogP contribution in [0.15, 0.2) is 21.8 Å². The van der Waals surface area contributed by atoms with Crippen molar-refractivity contribution in [3.8, 4) is 11.5 Å². The number of rotatable bonds is 7. The highest BCUT2D eigenvalue weighted by Crippen LogP contribution is 2.51. The second-order valence-corrected chi connectivity index (χ2v) is 12.0. The summed E-state index contributed by atoms with van der Waals surface area (Å²) in [4.78, 5) is 31.9. The van der Waals surface area contributed by atoms with E-state index in [0.717, 1.165) is 42.4 Å². The molecular weight excluding hydrogens is 510 g/mol. The number of hydrogen-bond donors (Lipinski definition) is 2. The van der Waals surface area contributed by atoms with E-state index in [0.29, 0.717) is 33.2 Å². The maximum atomic E-state index is 13.2. The molecule has 2 aromatic rings. The Morgan fingerprint density at radius 2 is 1.89 bits per heavy atom. The fourth-order valence-corrected chi connectivity index (χ4v) is 6.67. The number of carbonyl (C=O) groups is 1. The number of benzene rings is 1. The van der Waals surface area contributed by atoms with Gasteiger partial charge >= 0.3 is 0 Å². The monoisotopic (exact) mass is 545 g/mol. The average Bonchev–Trinajstić information content (AvgIpc) is 3.22. The van der Waals surface area contributed by atoms with Gasteiger partial charge in [-0.1, -0.05) is 18.0 Å². The van der Waals surface area contributed by atoms with Crippen LogP contribution in [0.1, 0.15) is 66.2 Å². The lowest BCUT2D eigenvalue weighted by atomic mass is 9.83. The smallest absolute Gasteiger partial charge is 0.254 e. The molecule has 37 heavy (non-hydrogen) atoms. The lowest BCUT2D eigenvalue weighted by Gasteiger charge is -2.40. The molecule has 3 aliphatic rings. The molecule has 2 aliphatic heterocycles. The van der Waals surface area contributed by atoms with Gasteiger partial charge in [0.05, 0.1) is 5.02 Å². The van der Waals surface area contributed by atoms with Crippen LogP contribution >= 0.6 is 23.4 Å². The molecule has 1 aliphatic carbocycles. The van der Waals surface area contributed by atoms with E-state index in [2.05, 4.69) is 15.2 Å². The first-order valence-corrected chi connectivity index (χ1v) is 14.8. The lowest BCUT2D eigenvalue weighted by Crippen LogP contribution is -2.49. The Balaban J connectivity index is 1.28. The first-order valence-electron chi connectivity index (χ1n) is 13.2. The molecule has 2 fully saturated rings. The maximum Gasteiger partial charge on any atom is 0.254 e. The molecule has 5 rings (SSSR count). The molecule has 200 valence electrons. The second kappa shape index (κ2) is 10.5. The number of halogens is 1. The molecule has 1 saturated carbocycles. The number of carbonyl (C=O) groups excluding carboxylic acids is 1. The molecule has 3 heterocycles. The Bertz CT molecular complexity index is 1250. The predicted molar refractivity (Wildman–Crippen MR) is 147 cm³/mol. The molecule has 0 bridgehead atoms. The maximum absolute atomic E-state index is 13.2. The van der Waals surface area contributed by atoms with Crippen molar-refractivity contribution >= 4 is 29.3 Å². The van der Waals surface area contributed by atoms with Gasteiger partial charge in [0.1, 0.15) is 0 Å². The van der Waals surface area contributed by atoms with E-state index in [1.165, 1.54) is 37.6 Å². The number of pyridine rings is 1. The van der Waals surface area contributed by atoms with Gasteiger partial charge in [-0.15, -0.1) is 11.8 Å². The number of nitrogens with one attached hydrogen (secondary N) is 2. The van der Waals surface area contributed by atoms with Gasteiger partial charge < -0.3 is 24.7 Å². The fourth-order valence-electron chi connectivity index (χ4n) is 5.73. The molecule has 9 heteroatoms. The van der Waals surface area contributed by atoms with Crippen LogP contribution in [0.5, 0.6) is 11.5 Å². The molecule has 1 amide bonds. The van der Waals surface area contributed by atoms with Crippen molar-refractivity contribution in [3.05, 3.63) is 49.9 Å². The van der Waals surface area contributed by atoms with E-state index in [1.54, 1.807) is 6.07 Å². The van der Waals surface area contributed by atoms with Crippen molar-refractivity contribution in [1.29, 1.82) is 0 Å². The SMILES string of the molecule is CSc1cc(C)[nH]c(=O)c1CNC(=O)c1cc(Cl)c2c(c1C)O[C@](C)(C1CCN(CC3CCC3)CC1)O2. The van der Waals surface area contributed by atoms with Crippen LogP contribution in [0.4, 0.5) is 0 Å². The first kappa shape index (κ1) is 26.4. The molecule has 1 aromatic carbocycles. The first-order chi connectivity index (χ1) is 17.7. The highest BCUT2D eigenvalue weighted by Gasteiger charge is 2.47. The van der Waals surface area contributed by atoms with Crippen LogP contribution in [0.2, 0.25) is 5.02 Å². The van der Waals surface area contributed by atoms with Gasteiger partial charge in [-0.3, -0.25) is 9.59 Å². The summed E-state index contributed by atoms with van der Waals surface area (Å²) in [5, 5.41) is 3.25. The zero-order chi connectivity index (χ0) is 26.3. The van der Waals surface area contributed by atoms with Crippen molar-refractivity contribution in [2.75, 3.05) is 25.9 Å². The second-order valence-electron chi connectivity index (χ2n) is 10.8. The summed E-state index contributed by atoms with van der Waals surface area (Å²) < 4.78 is 12.8. The number of likely N-dealkylation sites (tertiary alicyclic amines) is 1. The average molecular weight is 546 g/mol. The van der Waals surface area contributed by atoms with Crippen molar-refractivity contribution < 1.29 is 14.3 Å². The van der Waals surface area contributed by atoms with Gasteiger partial charge in [0.2, 0.25) is 0 Å². The van der Waals surface area contributed by atoms with Crippen LogP contribution in [0.25, 0.3) is 0 Å². The molecule has 0 unspecified atom stereocenters. The Hall–Kier alpha value is -2.16. The van der Waals surface area contributed by atoms with Gasteiger partial charge in [-0.25, -0.2) is 0 Å². The van der Waals surface area contributed by atoms with Gasteiger partial charge in [0, 0.05) is 53.2 Å². The van der Waals surface area contributed by atoms with Crippen molar-refractivity contribution in [3.63, 3.8) is 0 Å². The molecule has 0 spiro atoms. The molecule has 1 saturated heterocycles. The molecule has 2 N–H and O–H groups in total. The standard InChI is InChI=1S/C28H36ClN3O4S/c1-16-12-23(37-4)21(27(34)31-16)14-30-26(33)20-13-22(29)25-24(17(20)2)35-28(3,36-25)19-8-10-32(11-9-19)15-18-6-5-7-18/h12-13,18-19H,5-11,14-15H2,1-4H3,(H,30,33)(H,31,34)/t28-/m0/s1. The minimum Gasteiger partial charge on any atom is -0.448 e. The number of piperidine rings is 1. The predicted octanol–water partition coefficient (Wildman–Crippen LogP) is 5.30. The summed E-state index contributed by atoms with van der Waals surface area (Å²) in [6.45, 7) is 9.12. The van der Waals surface area contributed by atoms with Crippen molar-refractivity contribution in [2.45, 2.75) is 70.1 Å². The summed E-state index contributed by atoms with van der Waals surface area (Å²) >= 11 is 8.10. The summed E-state index contributed by atoms with van der Waals surface area (Å²) in [6, 6.07) is 3.55. The minimum atomic E-state index is -0.809. The summed E-state index contributed by atoms with van der Waals surface area (Å²) in [6.07, 6.45) is 8.03. The number of nitrogens with zero attached hydrogens (tertiary/aromatic N) is 1. The summed E-state index contributed by atoms with van der Waals surface area (Å²) in [5.41, 5.74) is 2.23. The topological polar surface area (TPSA) is 83.7 Å². The highest BCUT2D eigenvalue weighted by atomic mass is 35.5. The number of hydrogen-bond acceptors (Lipinski definition) is 6. The largest absolute Gasteiger partial charge is 0.448 e. The third kappa shape index (κ3) is 5.25. The van der Waals surface area contributed by atoms with Gasteiger partial charge in [0.15, 0.2) is 11.5 Å². The Labute approximate surface area is 227 Å². The Kier molecular flexibility index (Phi) is 7.53. The molecule has 1 atom stereocenters. The minimum absolute atomic E-state index is 0.118. The molecular formula is C28H36ClN3O4S. The van der Waals surface area contributed by atoms with E-state index >= 15 is 0 Å². The molecule has 0 radical (unpaired) electrons. The van der Waals surface area contributed by atoms with Crippen LogP contribution in [-0.4, -0.2) is 47.5 Å². The van der Waals surface area contributed by atoms with E-state index < -0.39 is 5.79 Å². The fraction of sp³-hybridized carbons (Fsp3) is 0.571. The van der Waals surface area contributed by atoms with Crippen molar-refractivity contribution in [2.24, 2.45) is 11.8 Å². The Morgan fingerprint density at radius 1 is 1.19 bits per heavy atom.